The summed E-state index contributed by atoms with van der Waals surface area (Å²) in [6.07, 6.45) is 5.22. The Morgan fingerprint density at radius 3 is 2.64 bits per heavy atom. The van der Waals surface area contributed by atoms with E-state index < -0.39 is 12.1 Å². The molecule has 0 bridgehead atoms. The van der Waals surface area contributed by atoms with Gasteiger partial charge in [-0.15, -0.1) is 0 Å². The lowest BCUT2D eigenvalue weighted by Gasteiger charge is -2.41. The Bertz CT molecular complexity index is 1160. The van der Waals surface area contributed by atoms with Crippen LogP contribution in [0.4, 0.5) is 4.39 Å². The summed E-state index contributed by atoms with van der Waals surface area (Å²) in [5.41, 5.74) is 3.18. The second-order valence-corrected chi connectivity index (χ2v) is 10.2. The number of carbonyl (C=O) groups is 1. The number of aryl methyl sites for hydroxylation is 2. The molecule has 36 heavy (non-hydrogen) atoms. The minimum atomic E-state index is -1.18. The third kappa shape index (κ3) is 6.41. The van der Waals surface area contributed by atoms with Crippen molar-refractivity contribution in [2.75, 3.05) is 26.7 Å². The Balaban J connectivity index is 1.39. The summed E-state index contributed by atoms with van der Waals surface area (Å²) < 4.78 is 21.2. The third-order valence-corrected chi connectivity index (χ3v) is 7.78. The van der Waals surface area contributed by atoms with Crippen molar-refractivity contribution >= 4 is 16.9 Å². The number of methoxy groups -OCH3 is 1. The van der Waals surface area contributed by atoms with Crippen LogP contribution in [0.1, 0.15) is 61.4 Å². The smallest absolute Gasteiger partial charge is 0.303 e. The molecule has 2 aromatic carbocycles. The van der Waals surface area contributed by atoms with Crippen LogP contribution in [-0.2, 0) is 11.2 Å². The number of halogens is 1. The molecule has 0 saturated carbocycles. The van der Waals surface area contributed by atoms with Crippen LogP contribution < -0.4 is 4.74 Å². The van der Waals surface area contributed by atoms with Crippen molar-refractivity contribution in [1.29, 1.82) is 0 Å². The van der Waals surface area contributed by atoms with E-state index in [4.69, 9.17) is 4.74 Å². The summed E-state index contributed by atoms with van der Waals surface area (Å²) in [4.78, 5) is 18.6. The van der Waals surface area contributed by atoms with Crippen LogP contribution in [0.2, 0.25) is 0 Å². The SMILES string of the molecule is COc1ccc2ncc(C)c(C(F)CCC3(CC(=O)O)CCN(CCCc4ccccc4)CC3)c2c1. The normalized spacial score (nSPS) is 16.6. The summed E-state index contributed by atoms with van der Waals surface area (Å²) in [7, 11) is 1.60. The van der Waals surface area contributed by atoms with Gasteiger partial charge in [-0.05, 0) is 105 Å². The van der Waals surface area contributed by atoms with Gasteiger partial charge in [0.2, 0.25) is 0 Å². The predicted octanol–water partition coefficient (Wildman–Crippen LogP) is 6.53. The lowest BCUT2D eigenvalue weighted by atomic mass is 9.71. The summed E-state index contributed by atoms with van der Waals surface area (Å²) in [6.45, 7) is 4.63. The molecule has 3 aromatic rings. The van der Waals surface area contributed by atoms with Gasteiger partial charge in [-0.3, -0.25) is 9.78 Å². The van der Waals surface area contributed by atoms with E-state index in [1.165, 1.54) is 5.56 Å². The molecule has 1 saturated heterocycles. The summed E-state index contributed by atoms with van der Waals surface area (Å²) >= 11 is 0. The fraction of sp³-hybridized carbons (Fsp3) is 0.467. The molecule has 1 aromatic heterocycles. The van der Waals surface area contributed by atoms with Crippen molar-refractivity contribution in [1.82, 2.24) is 9.88 Å². The van der Waals surface area contributed by atoms with Gasteiger partial charge in [0.25, 0.3) is 0 Å². The lowest BCUT2D eigenvalue weighted by molar-refractivity contribution is -0.141. The van der Waals surface area contributed by atoms with Crippen LogP contribution in [0, 0.1) is 12.3 Å². The zero-order chi connectivity index (χ0) is 25.5. The highest BCUT2D eigenvalue weighted by Gasteiger charge is 2.37. The summed E-state index contributed by atoms with van der Waals surface area (Å²) in [6, 6.07) is 16.0. The minimum Gasteiger partial charge on any atom is -0.497 e. The maximum atomic E-state index is 15.8. The molecule has 1 aliphatic rings. The number of piperidine rings is 1. The molecule has 1 aliphatic heterocycles. The van der Waals surface area contributed by atoms with E-state index in [1.807, 2.05) is 31.2 Å². The van der Waals surface area contributed by atoms with E-state index in [2.05, 4.69) is 34.1 Å². The first-order valence-electron chi connectivity index (χ1n) is 12.9. The molecule has 5 nitrogen and oxygen atoms in total. The van der Waals surface area contributed by atoms with Gasteiger partial charge < -0.3 is 14.7 Å². The second-order valence-electron chi connectivity index (χ2n) is 10.2. The molecule has 0 amide bonds. The topological polar surface area (TPSA) is 62.7 Å². The van der Waals surface area contributed by atoms with Gasteiger partial charge in [0.05, 0.1) is 19.0 Å². The van der Waals surface area contributed by atoms with Gasteiger partial charge in [-0.1, -0.05) is 30.3 Å². The van der Waals surface area contributed by atoms with E-state index in [0.717, 1.165) is 61.8 Å². The third-order valence-electron chi connectivity index (χ3n) is 7.78. The first kappa shape index (κ1) is 26.1. The highest BCUT2D eigenvalue weighted by atomic mass is 19.1. The van der Waals surface area contributed by atoms with Crippen LogP contribution in [0.25, 0.3) is 10.9 Å². The van der Waals surface area contributed by atoms with Crippen LogP contribution in [0.3, 0.4) is 0 Å². The maximum absolute atomic E-state index is 15.8. The van der Waals surface area contributed by atoms with E-state index in [9.17, 15) is 9.90 Å². The lowest BCUT2D eigenvalue weighted by Crippen LogP contribution is -2.41. The van der Waals surface area contributed by atoms with Gasteiger partial charge in [0, 0.05) is 11.6 Å². The number of carboxylic acid groups (broad SMARTS) is 1. The van der Waals surface area contributed by atoms with Crippen molar-refractivity contribution in [2.45, 2.75) is 58.0 Å². The van der Waals surface area contributed by atoms with Crippen LogP contribution in [0.5, 0.6) is 5.75 Å². The zero-order valence-corrected chi connectivity index (χ0v) is 21.4. The van der Waals surface area contributed by atoms with Crippen molar-refractivity contribution in [3.8, 4) is 5.75 Å². The molecular formula is C30H37FN2O3. The Kier molecular flexibility index (Phi) is 8.57. The van der Waals surface area contributed by atoms with E-state index in [1.54, 1.807) is 13.3 Å². The Morgan fingerprint density at radius 1 is 1.19 bits per heavy atom. The molecule has 1 N–H and O–H groups in total. The average Bonchev–Trinajstić information content (AvgIpc) is 2.88. The minimum absolute atomic E-state index is 0.0987. The summed E-state index contributed by atoms with van der Waals surface area (Å²) in [5.74, 6) is -0.122. The van der Waals surface area contributed by atoms with E-state index >= 15 is 4.39 Å². The second kappa shape index (κ2) is 11.8. The predicted molar refractivity (Wildman–Crippen MR) is 141 cm³/mol. The number of alkyl halides is 1. The number of fused-ring (bicyclic) bond motifs is 1. The van der Waals surface area contributed by atoms with Gasteiger partial charge in [-0.25, -0.2) is 4.39 Å². The van der Waals surface area contributed by atoms with E-state index in [-0.39, 0.29) is 11.8 Å². The van der Waals surface area contributed by atoms with Crippen LogP contribution in [0.15, 0.2) is 54.7 Å². The molecule has 0 radical (unpaired) electrons. The van der Waals surface area contributed by atoms with Crippen molar-refractivity contribution in [3.63, 3.8) is 0 Å². The molecule has 4 rings (SSSR count). The van der Waals surface area contributed by atoms with Gasteiger partial charge >= 0.3 is 5.97 Å². The fourth-order valence-electron chi connectivity index (χ4n) is 5.65. The van der Waals surface area contributed by atoms with Gasteiger partial charge in [0.15, 0.2) is 0 Å². The van der Waals surface area contributed by atoms with Crippen molar-refractivity contribution in [3.05, 3.63) is 71.4 Å². The number of hydrogen-bond acceptors (Lipinski definition) is 4. The number of rotatable bonds is 11. The summed E-state index contributed by atoms with van der Waals surface area (Å²) in [5, 5.41) is 10.4. The fourth-order valence-corrected chi connectivity index (χ4v) is 5.65. The van der Waals surface area contributed by atoms with Gasteiger partial charge in [0.1, 0.15) is 11.9 Å². The number of pyridine rings is 1. The molecular weight excluding hydrogens is 455 g/mol. The van der Waals surface area contributed by atoms with E-state index in [0.29, 0.717) is 24.2 Å². The maximum Gasteiger partial charge on any atom is 0.303 e. The number of hydrogen-bond donors (Lipinski definition) is 1. The standard InChI is InChI=1S/C30H37FN2O3/c1-22-21-32-27-11-10-24(36-2)19-25(27)29(22)26(31)12-13-30(20-28(34)35)14-17-33(18-15-30)16-6-9-23-7-4-3-5-8-23/h3-5,7-8,10-11,19,21,26H,6,9,12-18,20H2,1-2H3,(H,34,35). The molecule has 1 fully saturated rings. The molecule has 1 atom stereocenters. The van der Waals surface area contributed by atoms with Crippen molar-refractivity contribution in [2.24, 2.45) is 5.41 Å². The molecule has 2 heterocycles. The van der Waals surface area contributed by atoms with Crippen molar-refractivity contribution < 1.29 is 19.0 Å². The first-order valence-corrected chi connectivity index (χ1v) is 12.9. The van der Waals surface area contributed by atoms with Gasteiger partial charge in [-0.2, -0.15) is 0 Å². The zero-order valence-electron chi connectivity index (χ0n) is 21.4. The first-order chi connectivity index (χ1) is 17.4. The molecule has 192 valence electrons. The largest absolute Gasteiger partial charge is 0.497 e. The number of nitrogens with zero attached hydrogens (tertiary/aromatic N) is 2. The van der Waals surface area contributed by atoms with Crippen LogP contribution in [-0.4, -0.2) is 47.7 Å². The highest BCUT2D eigenvalue weighted by Crippen LogP contribution is 2.43. The highest BCUT2D eigenvalue weighted by molar-refractivity contribution is 5.84. The Labute approximate surface area is 213 Å². The number of ether oxygens (including phenoxy) is 1. The van der Waals surface area contributed by atoms with Crippen LogP contribution >= 0.6 is 0 Å². The number of aromatic nitrogens is 1. The quantitative estimate of drug-likeness (QED) is 0.330. The number of carboxylic acids is 1. The molecule has 1 unspecified atom stereocenters. The Morgan fingerprint density at radius 2 is 1.94 bits per heavy atom. The molecule has 0 spiro atoms. The monoisotopic (exact) mass is 492 g/mol. The Hall–Kier alpha value is -2.99. The molecule has 0 aliphatic carbocycles. The number of aliphatic carboxylic acids is 1. The number of likely N-dealkylation sites (tertiary alicyclic amines) is 1. The number of benzene rings is 2. The average molecular weight is 493 g/mol. The molecule has 6 heteroatoms.